The van der Waals surface area contributed by atoms with Gasteiger partial charge in [-0.2, -0.15) is 0 Å². The van der Waals surface area contributed by atoms with E-state index in [1.807, 2.05) is 0 Å². The van der Waals surface area contributed by atoms with E-state index in [0.29, 0.717) is 25.6 Å². The number of nitrogens with zero attached hydrogens (tertiary/aromatic N) is 1. The zero-order valence-corrected chi connectivity index (χ0v) is 13.3. The van der Waals surface area contributed by atoms with Crippen LogP contribution in [0.3, 0.4) is 0 Å². The molecule has 2 N–H and O–H groups in total. The molecular formula is C16H21FN2O4. The molecule has 0 atom stereocenters. The van der Waals surface area contributed by atoms with Gasteiger partial charge in [-0.25, -0.2) is 9.18 Å². The summed E-state index contributed by atoms with van der Waals surface area (Å²) in [7, 11) is 1.17. The number of ether oxygens (including phenoxy) is 2. The lowest BCUT2D eigenvalue weighted by atomic mass is 9.98. The fraction of sp³-hybridized carbons (Fsp3) is 0.500. The number of benzene rings is 1. The number of likely N-dealkylation sites (tertiary alicyclic amines) is 1. The molecule has 0 aromatic heterocycles. The molecule has 0 bridgehead atoms. The number of amides is 1. The predicted octanol–water partition coefficient (Wildman–Crippen LogP) is 1.83. The van der Waals surface area contributed by atoms with Crippen LogP contribution in [0.1, 0.15) is 30.1 Å². The minimum Gasteiger partial charge on any atom is -0.493 e. The van der Waals surface area contributed by atoms with Gasteiger partial charge in [-0.05, 0) is 18.8 Å². The average Bonchev–Trinajstić information content (AvgIpc) is 2.52. The molecule has 2 rings (SSSR count). The maximum atomic E-state index is 13.9. The van der Waals surface area contributed by atoms with Gasteiger partial charge in [0.25, 0.3) is 0 Å². The minimum absolute atomic E-state index is 0.0155. The number of esters is 1. The summed E-state index contributed by atoms with van der Waals surface area (Å²) in [5.41, 5.74) is 5.40. The Bertz CT molecular complexity index is 575. The number of hydrogen-bond acceptors (Lipinski definition) is 5. The van der Waals surface area contributed by atoms with Gasteiger partial charge >= 0.3 is 5.97 Å². The fourth-order valence-electron chi connectivity index (χ4n) is 2.63. The van der Waals surface area contributed by atoms with Crippen LogP contribution in [0.25, 0.3) is 0 Å². The molecule has 1 fully saturated rings. The molecule has 0 saturated carbocycles. The van der Waals surface area contributed by atoms with Crippen molar-refractivity contribution in [3.8, 4) is 5.75 Å². The number of nitrogen functional groups attached to an aromatic ring is 1. The fourth-order valence-corrected chi connectivity index (χ4v) is 2.63. The molecule has 1 aliphatic heterocycles. The summed E-state index contributed by atoms with van der Waals surface area (Å²) < 4.78 is 24.0. The maximum absolute atomic E-state index is 13.9. The first-order valence-electron chi connectivity index (χ1n) is 7.48. The second-order valence-corrected chi connectivity index (χ2v) is 5.62. The van der Waals surface area contributed by atoms with E-state index in [0.717, 1.165) is 18.9 Å². The molecule has 7 heteroatoms. The minimum atomic E-state index is -0.817. The zero-order chi connectivity index (χ0) is 17.0. The van der Waals surface area contributed by atoms with E-state index in [-0.39, 0.29) is 22.9 Å². The third kappa shape index (κ3) is 4.12. The van der Waals surface area contributed by atoms with Crippen molar-refractivity contribution in [1.29, 1.82) is 0 Å². The molecule has 1 amide bonds. The molecule has 6 nitrogen and oxygen atoms in total. The van der Waals surface area contributed by atoms with Crippen molar-refractivity contribution in [3.05, 3.63) is 23.5 Å². The lowest BCUT2D eigenvalue weighted by Crippen LogP contribution is -2.38. The summed E-state index contributed by atoms with van der Waals surface area (Å²) in [6.45, 7) is 3.40. The molecule has 1 aromatic carbocycles. The number of hydrogen-bond donors (Lipinski definition) is 1. The summed E-state index contributed by atoms with van der Waals surface area (Å²) in [6, 6.07) is 2.55. The van der Waals surface area contributed by atoms with Crippen LogP contribution in [0.5, 0.6) is 5.75 Å². The van der Waals surface area contributed by atoms with E-state index in [9.17, 15) is 14.0 Å². The van der Waals surface area contributed by atoms with Crippen molar-refractivity contribution in [2.45, 2.75) is 19.8 Å². The van der Waals surface area contributed by atoms with Gasteiger partial charge in [-0.1, -0.05) is 0 Å². The Morgan fingerprint density at radius 1 is 1.35 bits per heavy atom. The van der Waals surface area contributed by atoms with Gasteiger partial charge in [0.2, 0.25) is 5.91 Å². The second-order valence-electron chi connectivity index (χ2n) is 5.62. The topological polar surface area (TPSA) is 81.9 Å². The number of nitrogens with two attached hydrogens (primary N) is 1. The second kappa shape index (κ2) is 7.30. The van der Waals surface area contributed by atoms with Crippen molar-refractivity contribution < 1.29 is 23.5 Å². The molecule has 23 heavy (non-hydrogen) atoms. The van der Waals surface area contributed by atoms with E-state index in [1.54, 1.807) is 11.8 Å². The summed E-state index contributed by atoms with van der Waals surface area (Å²) in [4.78, 5) is 24.5. The lowest BCUT2D eigenvalue weighted by molar-refractivity contribution is -0.130. The van der Waals surface area contributed by atoms with Gasteiger partial charge in [0.15, 0.2) is 0 Å². The molecular weight excluding hydrogens is 303 g/mol. The van der Waals surface area contributed by atoms with E-state index >= 15 is 0 Å². The molecule has 0 spiro atoms. The van der Waals surface area contributed by atoms with Crippen LogP contribution >= 0.6 is 0 Å². The summed E-state index contributed by atoms with van der Waals surface area (Å²) in [5, 5.41) is 0. The number of piperidine rings is 1. The number of halogens is 1. The number of rotatable bonds is 4. The first-order valence-corrected chi connectivity index (χ1v) is 7.48. The zero-order valence-electron chi connectivity index (χ0n) is 13.3. The van der Waals surface area contributed by atoms with Crippen LogP contribution in [0.2, 0.25) is 0 Å². The Kier molecular flexibility index (Phi) is 5.41. The van der Waals surface area contributed by atoms with E-state index in [2.05, 4.69) is 4.74 Å². The number of methoxy groups -OCH3 is 1. The number of anilines is 1. The highest BCUT2D eigenvalue weighted by Gasteiger charge is 2.22. The largest absolute Gasteiger partial charge is 0.493 e. The Balaban J connectivity index is 1.94. The van der Waals surface area contributed by atoms with Gasteiger partial charge in [0.05, 0.1) is 19.4 Å². The predicted molar refractivity (Wildman–Crippen MR) is 82.6 cm³/mol. The normalized spacial score (nSPS) is 15.3. The first kappa shape index (κ1) is 17.1. The molecule has 0 unspecified atom stereocenters. The summed E-state index contributed by atoms with van der Waals surface area (Å²) in [6.07, 6.45) is 1.69. The van der Waals surface area contributed by atoms with Crippen molar-refractivity contribution in [3.63, 3.8) is 0 Å². The first-order chi connectivity index (χ1) is 10.9. The molecule has 0 radical (unpaired) electrons. The van der Waals surface area contributed by atoms with Crippen LogP contribution in [-0.2, 0) is 9.53 Å². The monoisotopic (exact) mass is 324 g/mol. The summed E-state index contributed by atoms with van der Waals surface area (Å²) in [5.74, 6) is -0.921. The van der Waals surface area contributed by atoms with Crippen LogP contribution in [0, 0.1) is 11.7 Å². The smallest absolute Gasteiger partial charge is 0.342 e. The van der Waals surface area contributed by atoms with E-state index < -0.39 is 11.8 Å². The highest BCUT2D eigenvalue weighted by Crippen LogP contribution is 2.26. The van der Waals surface area contributed by atoms with Crippen LogP contribution in [0.15, 0.2) is 12.1 Å². The average molecular weight is 324 g/mol. The molecule has 1 saturated heterocycles. The lowest BCUT2D eigenvalue weighted by Gasteiger charge is -2.31. The highest BCUT2D eigenvalue weighted by atomic mass is 19.1. The van der Waals surface area contributed by atoms with Gasteiger partial charge in [0, 0.05) is 32.1 Å². The third-order valence-corrected chi connectivity index (χ3v) is 4.03. The molecule has 0 aliphatic carbocycles. The Labute approximate surface area is 134 Å². The van der Waals surface area contributed by atoms with Gasteiger partial charge in [0.1, 0.15) is 17.1 Å². The quantitative estimate of drug-likeness (QED) is 0.675. The van der Waals surface area contributed by atoms with Crippen LogP contribution in [0.4, 0.5) is 10.1 Å². The summed E-state index contributed by atoms with van der Waals surface area (Å²) >= 11 is 0. The Morgan fingerprint density at radius 3 is 2.52 bits per heavy atom. The van der Waals surface area contributed by atoms with Crippen molar-refractivity contribution in [2.75, 3.05) is 32.5 Å². The van der Waals surface area contributed by atoms with Crippen molar-refractivity contribution >= 4 is 17.6 Å². The van der Waals surface area contributed by atoms with Crippen molar-refractivity contribution in [2.24, 2.45) is 5.92 Å². The van der Waals surface area contributed by atoms with E-state index in [4.69, 9.17) is 10.5 Å². The number of carbonyl (C=O) groups excluding carboxylic acids is 2. The SMILES string of the molecule is COC(=O)c1c(N)cc(OCC2CCN(C(C)=O)CC2)cc1F. The van der Waals surface area contributed by atoms with E-state index in [1.165, 1.54) is 13.2 Å². The Morgan fingerprint density at radius 2 is 2.00 bits per heavy atom. The maximum Gasteiger partial charge on any atom is 0.342 e. The molecule has 126 valence electrons. The molecule has 1 aromatic rings. The van der Waals surface area contributed by atoms with Gasteiger partial charge in [-0.3, -0.25) is 4.79 Å². The standard InChI is InChI=1S/C16H21FN2O4/c1-10(20)19-5-3-11(4-6-19)9-23-12-7-13(17)15(14(18)8-12)16(21)22-2/h7-8,11H,3-6,9,18H2,1-2H3. The molecule has 1 heterocycles. The highest BCUT2D eigenvalue weighted by molar-refractivity contribution is 5.95. The molecule has 1 aliphatic rings. The van der Waals surface area contributed by atoms with Crippen molar-refractivity contribution in [1.82, 2.24) is 4.90 Å². The number of carbonyl (C=O) groups is 2. The van der Waals surface area contributed by atoms with Crippen LogP contribution in [-0.4, -0.2) is 43.6 Å². The Hall–Kier alpha value is -2.31. The van der Waals surface area contributed by atoms with Gasteiger partial charge < -0.3 is 20.1 Å². The third-order valence-electron chi connectivity index (χ3n) is 4.03. The van der Waals surface area contributed by atoms with Gasteiger partial charge in [-0.15, -0.1) is 0 Å². The van der Waals surface area contributed by atoms with Crippen LogP contribution < -0.4 is 10.5 Å².